The molecule has 6 nitrogen and oxygen atoms in total. The number of allylic oxidation sites excluding steroid dienone is 1. The lowest BCUT2D eigenvalue weighted by Crippen LogP contribution is -2.39. The van der Waals surface area contributed by atoms with E-state index in [0.717, 1.165) is 29.0 Å². The van der Waals surface area contributed by atoms with Gasteiger partial charge in [-0.05, 0) is 36.8 Å². The molecule has 0 saturated carbocycles. The van der Waals surface area contributed by atoms with Crippen LogP contribution in [0, 0.1) is 0 Å². The summed E-state index contributed by atoms with van der Waals surface area (Å²) in [7, 11) is 1.27. The van der Waals surface area contributed by atoms with Crippen molar-refractivity contribution < 1.29 is 27.1 Å². The van der Waals surface area contributed by atoms with Crippen LogP contribution < -0.4 is 14.9 Å². The standard InChI is InChI=1S/C27H19F3N2O4S/c1-15-22(25(34)35-2)23(16-7-4-3-5-8-16)32-24(33)21(37-26(32)31-15)14-19-11-12-20(36-19)17-9-6-10-18(13-17)27(28,29)30/h3-14,23H,1-2H3. The van der Waals surface area contributed by atoms with Gasteiger partial charge in [0.1, 0.15) is 11.5 Å². The quantitative estimate of drug-likeness (QED) is 0.363. The molecule has 0 bridgehead atoms. The van der Waals surface area contributed by atoms with E-state index >= 15 is 0 Å². The van der Waals surface area contributed by atoms with Crippen LogP contribution in [0.25, 0.3) is 17.4 Å². The molecule has 188 valence electrons. The van der Waals surface area contributed by atoms with Gasteiger partial charge in [0.2, 0.25) is 0 Å². The minimum atomic E-state index is -4.48. The van der Waals surface area contributed by atoms with E-state index in [9.17, 15) is 22.8 Å². The third-order valence-corrected chi connectivity index (χ3v) is 6.90. The molecular weight excluding hydrogens is 505 g/mol. The number of halogens is 3. The lowest BCUT2D eigenvalue weighted by Gasteiger charge is -2.24. The lowest BCUT2D eigenvalue weighted by atomic mass is 9.96. The first kappa shape index (κ1) is 24.5. The molecule has 4 aromatic rings. The summed E-state index contributed by atoms with van der Waals surface area (Å²) in [5.74, 6) is -0.0601. The third-order valence-electron chi connectivity index (χ3n) is 5.92. The van der Waals surface area contributed by atoms with Crippen LogP contribution in [0.5, 0.6) is 0 Å². The number of hydrogen-bond acceptors (Lipinski definition) is 6. The van der Waals surface area contributed by atoms with Gasteiger partial charge in [-0.3, -0.25) is 9.36 Å². The maximum absolute atomic E-state index is 13.5. The first-order valence-electron chi connectivity index (χ1n) is 11.1. The molecule has 0 spiro atoms. The number of carbonyl (C=O) groups is 1. The molecule has 2 aromatic carbocycles. The molecule has 5 rings (SSSR count). The maximum atomic E-state index is 13.5. The van der Waals surface area contributed by atoms with Gasteiger partial charge in [-0.15, -0.1) is 0 Å². The molecule has 0 saturated heterocycles. The van der Waals surface area contributed by atoms with Crippen molar-refractivity contribution in [1.82, 2.24) is 4.57 Å². The van der Waals surface area contributed by atoms with Gasteiger partial charge in [-0.1, -0.05) is 53.8 Å². The number of nitrogens with zero attached hydrogens (tertiary/aromatic N) is 2. The Kier molecular flexibility index (Phi) is 6.20. The summed E-state index contributed by atoms with van der Waals surface area (Å²) in [6, 6.07) is 16.3. The molecule has 37 heavy (non-hydrogen) atoms. The van der Waals surface area contributed by atoms with E-state index in [1.54, 1.807) is 19.1 Å². The molecule has 0 fully saturated rings. The molecule has 1 aliphatic rings. The molecule has 0 aliphatic carbocycles. The smallest absolute Gasteiger partial charge is 0.416 e. The number of hydrogen-bond donors (Lipinski definition) is 0. The number of rotatable bonds is 4. The van der Waals surface area contributed by atoms with E-state index in [-0.39, 0.29) is 28.2 Å². The fourth-order valence-corrected chi connectivity index (χ4v) is 5.23. The number of carbonyl (C=O) groups excluding carboxylic acids is 1. The highest BCUT2D eigenvalue weighted by Gasteiger charge is 2.33. The summed E-state index contributed by atoms with van der Waals surface area (Å²) in [6.45, 7) is 1.69. The van der Waals surface area contributed by atoms with Crippen molar-refractivity contribution in [2.45, 2.75) is 19.1 Å². The molecule has 1 aliphatic heterocycles. The van der Waals surface area contributed by atoms with E-state index in [0.29, 0.717) is 15.0 Å². The minimum Gasteiger partial charge on any atom is -0.466 e. The van der Waals surface area contributed by atoms with E-state index in [4.69, 9.17) is 9.15 Å². The predicted octanol–water partition coefficient (Wildman–Crippen LogP) is 4.69. The number of methoxy groups -OCH3 is 1. The Balaban J connectivity index is 1.60. The number of aromatic nitrogens is 1. The highest BCUT2D eigenvalue weighted by Crippen LogP contribution is 2.33. The van der Waals surface area contributed by atoms with Crippen molar-refractivity contribution >= 4 is 23.4 Å². The van der Waals surface area contributed by atoms with Gasteiger partial charge in [0.25, 0.3) is 5.56 Å². The van der Waals surface area contributed by atoms with Gasteiger partial charge >= 0.3 is 12.1 Å². The molecule has 10 heteroatoms. The molecular formula is C27H19F3N2O4S. The van der Waals surface area contributed by atoms with Gasteiger partial charge in [0, 0.05) is 11.6 Å². The number of furan rings is 1. The molecule has 3 heterocycles. The van der Waals surface area contributed by atoms with Crippen LogP contribution in [0.15, 0.2) is 92.2 Å². The second kappa shape index (κ2) is 9.36. The SMILES string of the molecule is COC(=O)C1=C(C)N=c2sc(=Cc3ccc(-c4cccc(C(F)(F)F)c4)o3)c(=O)n2C1c1ccccc1. The molecule has 0 N–H and O–H groups in total. The Morgan fingerprint density at radius 3 is 2.57 bits per heavy atom. The van der Waals surface area contributed by atoms with Gasteiger partial charge in [-0.25, -0.2) is 9.79 Å². The highest BCUT2D eigenvalue weighted by atomic mass is 32.1. The predicted molar refractivity (Wildman–Crippen MR) is 131 cm³/mol. The number of fused-ring (bicyclic) bond motifs is 1. The maximum Gasteiger partial charge on any atom is 0.416 e. The summed E-state index contributed by atoms with van der Waals surface area (Å²) in [6.07, 6.45) is -2.96. The van der Waals surface area contributed by atoms with Crippen LogP contribution in [-0.4, -0.2) is 17.6 Å². The summed E-state index contributed by atoms with van der Waals surface area (Å²) < 4.78 is 51.8. The van der Waals surface area contributed by atoms with Crippen LogP contribution in [0.3, 0.4) is 0 Å². The molecule has 1 unspecified atom stereocenters. The van der Waals surface area contributed by atoms with Gasteiger partial charge in [0.15, 0.2) is 4.80 Å². The van der Waals surface area contributed by atoms with Gasteiger partial charge in [0.05, 0.1) is 34.5 Å². The van der Waals surface area contributed by atoms with Gasteiger partial charge in [-0.2, -0.15) is 13.2 Å². The third kappa shape index (κ3) is 4.55. The van der Waals surface area contributed by atoms with Crippen molar-refractivity contribution in [2.24, 2.45) is 4.99 Å². The largest absolute Gasteiger partial charge is 0.466 e. The van der Waals surface area contributed by atoms with E-state index in [1.807, 2.05) is 30.3 Å². The first-order valence-corrected chi connectivity index (χ1v) is 11.9. The van der Waals surface area contributed by atoms with Crippen LogP contribution in [0.1, 0.15) is 29.9 Å². The number of alkyl halides is 3. The fraction of sp³-hybridized carbons (Fsp3) is 0.148. The zero-order valence-corrected chi connectivity index (χ0v) is 20.4. The van der Waals surface area contributed by atoms with E-state index < -0.39 is 23.8 Å². The second-order valence-electron chi connectivity index (χ2n) is 8.26. The molecule has 0 radical (unpaired) electrons. The van der Waals surface area contributed by atoms with Crippen LogP contribution in [-0.2, 0) is 15.7 Å². The van der Waals surface area contributed by atoms with Crippen molar-refractivity contribution in [3.05, 3.63) is 115 Å². The first-order chi connectivity index (χ1) is 17.7. The Labute approximate surface area is 212 Å². The van der Waals surface area contributed by atoms with Gasteiger partial charge < -0.3 is 9.15 Å². The van der Waals surface area contributed by atoms with Crippen molar-refractivity contribution in [1.29, 1.82) is 0 Å². The number of esters is 1. The van der Waals surface area contributed by atoms with Crippen molar-refractivity contribution in [3.63, 3.8) is 0 Å². The van der Waals surface area contributed by atoms with E-state index in [1.165, 1.54) is 29.9 Å². The van der Waals surface area contributed by atoms with Crippen molar-refractivity contribution in [2.75, 3.05) is 7.11 Å². The summed E-state index contributed by atoms with van der Waals surface area (Å²) in [5.41, 5.74) is 0.515. The lowest BCUT2D eigenvalue weighted by molar-refractivity contribution is -0.138. The summed E-state index contributed by atoms with van der Waals surface area (Å²) >= 11 is 1.12. The topological polar surface area (TPSA) is 73.8 Å². The zero-order chi connectivity index (χ0) is 26.3. The summed E-state index contributed by atoms with van der Waals surface area (Å²) in [4.78, 5) is 31.1. The number of benzene rings is 2. The van der Waals surface area contributed by atoms with E-state index in [2.05, 4.69) is 4.99 Å². The van der Waals surface area contributed by atoms with Crippen molar-refractivity contribution in [3.8, 4) is 11.3 Å². The molecule has 2 aromatic heterocycles. The van der Waals surface area contributed by atoms with Crippen LogP contribution in [0.4, 0.5) is 13.2 Å². The van der Waals surface area contributed by atoms with Crippen LogP contribution in [0.2, 0.25) is 0 Å². The Morgan fingerprint density at radius 2 is 1.86 bits per heavy atom. The Morgan fingerprint density at radius 1 is 1.11 bits per heavy atom. The monoisotopic (exact) mass is 524 g/mol. The average Bonchev–Trinajstić information content (AvgIpc) is 3.47. The second-order valence-corrected chi connectivity index (χ2v) is 9.27. The zero-order valence-electron chi connectivity index (χ0n) is 19.6. The number of ether oxygens (including phenoxy) is 1. The summed E-state index contributed by atoms with van der Waals surface area (Å²) in [5, 5.41) is 0. The average molecular weight is 525 g/mol. The Hall–Kier alpha value is -4.18. The Bertz CT molecular complexity index is 1710. The molecule has 1 atom stereocenters. The normalized spacial score (nSPS) is 15.9. The fourth-order valence-electron chi connectivity index (χ4n) is 4.21. The number of thiazole rings is 1. The minimum absolute atomic E-state index is 0.233. The highest BCUT2D eigenvalue weighted by molar-refractivity contribution is 7.07. The molecule has 0 amide bonds. The van der Waals surface area contributed by atoms with Crippen LogP contribution >= 0.6 is 11.3 Å².